The van der Waals surface area contributed by atoms with E-state index in [4.69, 9.17) is 9.47 Å². The van der Waals surface area contributed by atoms with Crippen molar-refractivity contribution in [2.24, 2.45) is 11.3 Å². The number of piperidine rings is 1. The predicted octanol–water partition coefficient (Wildman–Crippen LogP) is 4.09. The minimum absolute atomic E-state index is 0.136. The number of benzene rings is 1. The van der Waals surface area contributed by atoms with E-state index in [0.717, 1.165) is 37.8 Å². The Bertz CT molecular complexity index is 760. The van der Waals surface area contributed by atoms with E-state index in [9.17, 15) is 9.59 Å². The zero-order valence-corrected chi connectivity index (χ0v) is 17.0. The molecule has 1 heterocycles. The van der Waals surface area contributed by atoms with Crippen LogP contribution in [0.4, 0.5) is 9.59 Å². The van der Waals surface area contributed by atoms with Gasteiger partial charge in [0.25, 0.3) is 0 Å². The SMILES string of the molecule is CC(C)(C)OC(=O)NC12CCC3CC3(CN(C(=O)OCc3ccccc3)C1)C2. The van der Waals surface area contributed by atoms with E-state index in [0.29, 0.717) is 12.5 Å². The van der Waals surface area contributed by atoms with Crippen LogP contribution in [0.1, 0.15) is 52.0 Å². The fourth-order valence-corrected chi connectivity index (χ4v) is 5.06. The molecule has 1 saturated heterocycles. The minimum atomic E-state index is -0.543. The van der Waals surface area contributed by atoms with E-state index >= 15 is 0 Å². The van der Waals surface area contributed by atoms with Crippen molar-refractivity contribution < 1.29 is 19.1 Å². The number of ether oxygens (including phenoxy) is 2. The molecule has 6 heteroatoms. The van der Waals surface area contributed by atoms with Crippen LogP contribution in [0.15, 0.2) is 30.3 Å². The average molecular weight is 386 g/mol. The second-order valence-electron chi connectivity index (χ2n) is 9.78. The van der Waals surface area contributed by atoms with Crippen molar-refractivity contribution in [2.75, 3.05) is 13.1 Å². The molecule has 6 nitrogen and oxygen atoms in total. The summed E-state index contributed by atoms with van der Waals surface area (Å²) in [6.45, 7) is 7.05. The minimum Gasteiger partial charge on any atom is -0.445 e. The van der Waals surface area contributed by atoms with Crippen molar-refractivity contribution >= 4 is 12.2 Å². The monoisotopic (exact) mass is 386 g/mol. The largest absolute Gasteiger partial charge is 0.445 e. The van der Waals surface area contributed by atoms with E-state index in [-0.39, 0.29) is 18.1 Å². The molecule has 28 heavy (non-hydrogen) atoms. The Hall–Kier alpha value is -2.24. The second kappa shape index (κ2) is 6.68. The number of hydrogen-bond donors (Lipinski definition) is 1. The van der Waals surface area contributed by atoms with Crippen molar-refractivity contribution in [1.29, 1.82) is 0 Å². The summed E-state index contributed by atoms with van der Waals surface area (Å²) < 4.78 is 11.1. The summed E-state index contributed by atoms with van der Waals surface area (Å²) in [5.41, 5.74) is 0.145. The molecule has 3 fully saturated rings. The lowest BCUT2D eigenvalue weighted by atomic mass is 9.71. The molecule has 0 radical (unpaired) electrons. The fourth-order valence-electron chi connectivity index (χ4n) is 5.06. The van der Waals surface area contributed by atoms with Crippen molar-refractivity contribution in [3.8, 4) is 0 Å². The van der Waals surface area contributed by atoms with Crippen molar-refractivity contribution in [3.05, 3.63) is 35.9 Å². The Kier molecular flexibility index (Phi) is 4.55. The predicted molar refractivity (Wildman–Crippen MR) is 105 cm³/mol. The number of rotatable bonds is 3. The third-order valence-corrected chi connectivity index (χ3v) is 6.25. The van der Waals surface area contributed by atoms with Gasteiger partial charge in [0.1, 0.15) is 12.2 Å². The summed E-state index contributed by atoms with van der Waals surface area (Å²) in [6.07, 6.45) is 3.33. The van der Waals surface area contributed by atoms with E-state index in [1.807, 2.05) is 51.1 Å². The number of hydrogen-bond acceptors (Lipinski definition) is 4. The summed E-state index contributed by atoms with van der Waals surface area (Å²) in [5.74, 6) is 0.658. The first-order chi connectivity index (χ1) is 13.2. The Morgan fingerprint density at radius 2 is 1.96 bits per heavy atom. The van der Waals surface area contributed by atoms with Gasteiger partial charge in [-0.3, -0.25) is 0 Å². The van der Waals surface area contributed by atoms with Crippen molar-refractivity contribution in [2.45, 2.75) is 64.2 Å². The van der Waals surface area contributed by atoms with Gasteiger partial charge in [0, 0.05) is 13.1 Å². The number of likely N-dealkylation sites (tertiary alicyclic amines) is 1. The molecule has 1 aliphatic heterocycles. The highest BCUT2D eigenvalue weighted by Gasteiger charge is 2.65. The summed E-state index contributed by atoms with van der Waals surface area (Å²) in [6, 6.07) is 9.69. The first-order valence-corrected chi connectivity index (χ1v) is 10.2. The molecule has 1 aromatic rings. The van der Waals surface area contributed by atoms with Gasteiger partial charge in [-0.2, -0.15) is 0 Å². The number of carbonyl (C=O) groups excluding carboxylic acids is 2. The smallest absolute Gasteiger partial charge is 0.410 e. The molecule has 2 amide bonds. The standard InChI is InChI=1S/C22H30N2O4/c1-20(2,3)28-18(25)23-22-10-9-17-11-21(17,13-22)14-24(15-22)19(26)27-12-16-7-5-4-6-8-16/h4-8,17H,9-15H2,1-3H3,(H,23,25). The van der Waals surface area contributed by atoms with Crippen LogP contribution in [-0.4, -0.2) is 41.3 Å². The summed E-state index contributed by atoms with van der Waals surface area (Å²) in [7, 11) is 0. The zero-order chi connectivity index (χ0) is 20.0. The maximum absolute atomic E-state index is 12.8. The number of nitrogens with zero attached hydrogens (tertiary/aromatic N) is 1. The lowest BCUT2D eigenvalue weighted by Gasteiger charge is -2.49. The molecule has 1 aromatic carbocycles. The van der Waals surface area contributed by atoms with Crippen LogP contribution in [0.3, 0.4) is 0 Å². The van der Waals surface area contributed by atoms with E-state index in [1.165, 1.54) is 0 Å². The highest BCUT2D eigenvalue weighted by Crippen LogP contribution is 2.65. The van der Waals surface area contributed by atoms with Gasteiger partial charge in [-0.1, -0.05) is 30.3 Å². The molecule has 3 atom stereocenters. The van der Waals surface area contributed by atoms with Crippen LogP contribution in [-0.2, 0) is 16.1 Å². The summed E-state index contributed by atoms with van der Waals surface area (Å²) in [5, 5.41) is 3.12. The molecule has 2 saturated carbocycles. The Morgan fingerprint density at radius 1 is 1.21 bits per heavy atom. The normalized spacial score (nSPS) is 30.8. The van der Waals surface area contributed by atoms with Gasteiger partial charge in [-0.05, 0) is 63.4 Å². The van der Waals surface area contributed by atoms with E-state index in [2.05, 4.69) is 5.32 Å². The number of fused-ring (bicyclic) bond motifs is 1. The number of amides is 2. The molecule has 1 spiro atoms. The van der Waals surface area contributed by atoms with Gasteiger partial charge >= 0.3 is 12.2 Å². The molecule has 3 aliphatic rings. The maximum atomic E-state index is 12.8. The Balaban J connectivity index is 1.43. The highest BCUT2D eigenvalue weighted by atomic mass is 16.6. The van der Waals surface area contributed by atoms with E-state index < -0.39 is 17.2 Å². The molecule has 2 aliphatic carbocycles. The van der Waals surface area contributed by atoms with Gasteiger partial charge in [-0.15, -0.1) is 0 Å². The Labute approximate surface area is 166 Å². The molecule has 2 bridgehead atoms. The van der Waals surface area contributed by atoms with Crippen LogP contribution >= 0.6 is 0 Å². The quantitative estimate of drug-likeness (QED) is 0.849. The summed E-state index contributed by atoms with van der Waals surface area (Å²) in [4.78, 5) is 27.0. The topological polar surface area (TPSA) is 67.9 Å². The van der Waals surface area contributed by atoms with Crippen LogP contribution in [0.5, 0.6) is 0 Å². The molecule has 4 rings (SSSR count). The van der Waals surface area contributed by atoms with Crippen molar-refractivity contribution in [1.82, 2.24) is 10.2 Å². The average Bonchev–Trinajstić information content (AvgIpc) is 3.28. The summed E-state index contributed by atoms with van der Waals surface area (Å²) >= 11 is 0. The van der Waals surface area contributed by atoms with Gasteiger partial charge in [0.2, 0.25) is 0 Å². The first kappa shape index (κ1) is 19.1. The lowest BCUT2D eigenvalue weighted by Crippen LogP contribution is -2.64. The maximum Gasteiger partial charge on any atom is 0.410 e. The third kappa shape index (κ3) is 3.96. The van der Waals surface area contributed by atoms with Crippen LogP contribution in [0, 0.1) is 11.3 Å². The van der Waals surface area contributed by atoms with Crippen LogP contribution in [0.2, 0.25) is 0 Å². The Morgan fingerprint density at radius 3 is 2.68 bits per heavy atom. The molecule has 3 unspecified atom stereocenters. The van der Waals surface area contributed by atoms with E-state index in [1.54, 1.807) is 4.90 Å². The molecular formula is C22H30N2O4. The van der Waals surface area contributed by atoms with Crippen LogP contribution < -0.4 is 5.32 Å². The van der Waals surface area contributed by atoms with Gasteiger partial charge in [0.05, 0.1) is 5.54 Å². The highest BCUT2D eigenvalue weighted by molar-refractivity contribution is 5.71. The lowest BCUT2D eigenvalue weighted by molar-refractivity contribution is 0.00382. The van der Waals surface area contributed by atoms with Crippen molar-refractivity contribution in [3.63, 3.8) is 0 Å². The second-order valence-corrected chi connectivity index (χ2v) is 9.78. The van der Waals surface area contributed by atoms with Gasteiger partial charge < -0.3 is 19.7 Å². The third-order valence-electron chi connectivity index (χ3n) is 6.25. The van der Waals surface area contributed by atoms with Crippen LogP contribution in [0.25, 0.3) is 0 Å². The molecule has 152 valence electrons. The number of alkyl carbamates (subject to hydrolysis) is 1. The molecular weight excluding hydrogens is 356 g/mol. The van der Waals surface area contributed by atoms with Gasteiger partial charge in [-0.25, -0.2) is 9.59 Å². The molecule has 0 aromatic heterocycles. The first-order valence-electron chi connectivity index (χ1n) is 10.2. The van der Waals surface area contributed by atoms with Gasteiger partial charge in [0.15, 0.2) is 0 Å². The fraction of sp³-hybridized carbons (Fsp3) is 0.636. The number of carbonyl (C=O) groups is 2. The number of nitrogens with one attached hydrogen (secondary N) is 1. The zero-order valence-electron chi connectivity index (χ0n) is 17.0. The molecule has 1 N–H and O–H groups in total.